The van der Waals surface area contributed by atoms with E-state index in [2.05, 4.69) is 10.3 Å². The lowest BCUT2D eigenvalue weighted by Gasteiger charge is -2.22. The zero-order valence-electron chi connectivity index (χ0n) is 10.3. The normalized spacial score (nSPS) is 22.0. The third kappa shape index (κ3) is 4.46. The summed E-state index contributed by atoms with van der Waals surface area (Å²) in [5.74, 6) is -0.426. The van der Waals surface area contributed by atoms with Crippen molar-refractivity contribution in [2.45, 2.75) is 31.7 Å². The Labute approximate surface area is 115 Å². The minimum Gasteiger partial charge on any atom is -0.481 e. The van der Waals surface area contributed by atoms with Crippen LogP contribution in [0.2, 0.25) is 0 Å². The predicted octanol–water partition coefficient (Wildman–Crippen LogP) is 1.15. The van der Waals surface area contributed by atoms with Crippen molar-refractivity contribution < 1.29 is 18.3 Å². The molecule has 0 aliphatic carbocycles. The minimum absolute atomic E-state index is 0.0565. The first-order valence-corrected chi connectivity index (χ1v) is 8.78. The van der Waals surface area contributed by atoms with Gasteiger partial charge in [-0.2, -0.15) is 0 Å². The van der Waals surface area contributed by atoms with Crippen molar-refractivity contribution in [2.24, 2.45) is 0 Å². The fraction of sp³-hybridized carbons (Fsp3) is 0.636. The molecule has 1 atom stereocenters. The average Bonchev–Trinajstić information content (AvgIpc) is 2.73. The molecule has 106 valence electrons. The summed E-state index contributed by atoms with van der Waals surface area (Å²) in [5.41, 5.74) is 0.730. The molecule has 0 saturated carbocycles. The Morgan fingerprint density at radius 2 is 2.37 bits per heavy atom. The van der Waals surface area contributed by atoms with E-state index < -0.39 is 15.8 Å². The van der Waals surface area contributed by atoms with Gasteiger partial charge in [-0.05, 0) is 12.8 Å². The van der Waals surface area contributed by atoms with Crippen molar-refractivity contribution in [1.82, 2.24) is 4.98 Å². The van der Waals surface area contributed by atoms with E-state index in [1.54, 1.807) is 0 Å². The quantitative estimate of drug-likeness (QED) is 0.847. The van der Waals surface area contributed by atoms with Crippen molar-refractivity contribution >= 4 is 32.3 Å². The van der Waals surface area contributed by atoms with E-state index in [9.17, 15) is 13.2 Å². The van der Waals surface area contributed by atoms with Crippen LogP contribution < -0.4 is 5.32 Å². The lowest BCUT2D eigenvalue weighted by molar-refractivity contribution is -0.136. The largest absolute Gasteiger partial charge is 0.481 e. The number of anilines is 1. The van der Waals surface area contributed by atoms with Crippen LogP contribution in [0.1, 0.15) is 25.0 Å². The highest BCUT2D eigenvalue weighted by atomic mass is 32.2. The fourth-order valence-electron chi connectivity index (χ4n) is 2.03. The number of nitrogens with zero attached hydrogens (tertiary/aromatic N) is 1. The van der Waals surface area contributed by atoms with Gasteiger partial charge in [0.25, 0.3) is 0 Å². The Morgan fingerprint density at radius 3 is 3.05 bits per heavy atom. The number of carboxylic acid groups (broad SMARTS) is 1. The Morgan fingerprint density at radius 1 is 1.58 bits per heavy atom. The highest BCUT2D eigenvalue weighted by molar-refractivity contribution is 7.91. The Kier molecular flexibility index (Phi) is 4.41. The molecule has 1 aliphatic rings. The summed E-state index contributed by atoms with van der Waals surface area (Å²) in [5, 5.41) is 14.2. The Bertz CT molecular complexity index is 553. The van der Waals surface area contributed by atoms with E-state index in [0.717, 1.165) is 12.1 Å². The summed E-state index contributed by atoms with van der Waals surface area (Å²) in [7, 11) is -2.93. The molecule has 1 aromatic heterocycles. The third-order valence-corrected chi connectivity index (χ3v) is 5.58. The number of sulfone groups is 1. The smallest absolute Gasteiger partial charge is 0.303 e. The maximum absolute atomic E-state index is 11.5. The van der Waals surface area contributed by atoms with Crippen LogP contribution >= 0.6 is 11.3 Å². The molecule has 0 amide bonds. The third-order valence-electron chi connectivity index (χ3n) is 2.94. The number of aliphatic carboxylic acids is 1. The molecule has 1 saturated heterocycles. The topological polar surface area (TPSA) is 96.4 Å². The van der Waals surface area contributed by atoms with Gasteiger partial charge in [-0.25, -0.2) is 13.4 Å². The molecule has 2 heterocycles. The van der Waals surface area contributed by atoms with Crippen LogP contribution in [0.3, 0.4) is 0 Å². The second-order valence-electron chi connectivity index (χ2n) is 4.64. The summed E-state index contributed by atoms with van der Waals surface area (Å²) in [6, 6.07) is -0.0859. The van der Waals surface area contributed by atoms with E-state index in [1.807, 2.05) is 5.38 Å². The second kappa shape index (κ2) is 5.87. The van der Waals surface area contributed by atoms with Gasteiger partial charge in [0.2, 0.25) is 0 Å². The highest BCUT2D eigenvalue weighted by Crippen LogP contribution is 2.21. The summed E-state index contributed by atoms with van der Waals surface area (Å²) in [6.45, 7) is 0. The number of nitrogens with one attached hydrogen (secondary N) is 1. The van der Waals surface area contributed by atoms with Gasteiger partial charge >= 0.3 is 5.97 Å². The number of carboxylic acids is 1. The first-order chi connectivity index (χ1) is 8.94. The van der Waals surface area contributed by atoms with Gasteiger partial charge in [-0.1, -0.05) is 0 Å². The van der Waals surface area contributed by atoms with E-state index in [-0.39, 0.29) is 24.0 Å². The molecule has 0 spiro atoms. The van der Waals surface area contributed by atoms with Crippen LogP contribution in [0.4, 0.5) is 5.13 Å². The van der Waals surface area contributed by atoms with Crippen LogP contribution in [-0.2, 0) is 21.1 Å². The van der Waals surface area contributed by atoms with Gasteiger partial charge in [0, 0.05) is 17.8 Å². The molecule has 19 heavy (non-hydrogen) atoms. The number of hydrogen-bond donors (Lipinski definition) is 2. The van der Waals surface area contributed by atoms with Gasteiger partial charge < -0.3 is 10.4 Å². The second-order valence-corrected chi connectivity index (χ2v) is 7.72. The molecule has 1 aliphatic heterocycles. The summed E-state index contributed by atoms with van der Waals surface area (Å²) < 4.78 is 23.0. The van der Waals surface area contributed by atoms with E-state index >= 15 is 0 Å². The van der Waals surface area contributed by atoms with Crippen LogP contribution in [0.25, 0.3) is 0 Å². The van der Waals surface area contributed by atoms with Crippen molar-refractivity contribution in [1.29, 1.82) is 0 Å². The standard InChI is InChI=1S/C11H16N2O4S2/c14-10(15)4-3-8-6-18-11(12-8)13-9-2-1-5-19(16,17)7-9/h6,9H,1-5,7H2,(H,12,13)(H,14,15). The van der Waals surface area contributed by atoms with E-state index in [4.69, 9.17) is 5.11 Å². The summed E-state index contributed by atoms with van der Waals surface area (Å²) in [6.07, 6.45) is 1.96. The molecule has 1 unspecified atom stereocenters. The molecular weight excluding hydrogens is 288 g/mol. The Balaban J connectivity index is 1.91. The maximum Gasteiger partial charge on any atom is 0.303 e. The summed E-state index contributed by atoms with van der Waals surface area (Å²) in [4.78, 5) is 14.7. The predicted molar refractivity (Wildman–Crippen MR) is 73.4 cm³/mol. The zero-order chi connectivity index (χ0) is 13.9. The minimum atomic E-state index is -2.93. The molecule has 0 radical (unpaired) electrons. The lowest BCUT2D eigenvalue weighted by atomic mass is 10.2. The lowest BCUT2D eigenvalue weighted by Crippen LogP contribution is -2.34. The molecule has 1 aromatic rings. The molecule has 2 rings (SSSR count). The first kappa shape index (κ1) is 14.3. The SMILES string of the molecule is O=C(O)CCc1csc(NC2CCCS(=O)(=O)C2)n1. The number of rotatable bonds is 5. The zero-order valence-corrected chi connectivity index (χ0v) is 12.0. The summed E-state index contributed by atoms with van der Waals surface area (Å²) >= 11 is 1.39. The van der Waals surface area contributed by atoms with Gasteiger partial charge in [-0.3, -0.25) is 4.79 Å². The molecule has 1 fully saturated rings. The first-order valence-electron chi connectivity index (χ1n) is 6.08. The molecule has 8 heteroatoms. The molecule has 6 nitrogen and oxygen atoms in total. The highest BCUT2D eigenvalue weighted by Gasteiger charge is 2.25. The number of aryl methyl sites for hydroxylation is 1. The van der Waals surface area contributed by atoms with Crippen LogP contribution in [0.15, 0.2) is 5.38 Å². The van der Waals surface area contributed by atoms with Crippen molar-refractivity contribution in [3.8, 4) is 0 Å². The molecular formula is C11H16N2O4S2. The van der Waals surface area contributed by atoms with Crippen LogP contribution in [0.5, 0.6) is 0 Å². The fourth-order valence-corrected chi connectivity index (χ4v) is 4.49. The number of carbonyl (C=O) groups is 1. The Hall–Kier alpha value is -1.15. The average molecular weight is 304 g/mol. The van der Waals surface area contributed by atoms with E-state index in [0.29, 0.717) is 18.0 Å². The van der Waals surface area contributed by atoms with E-state index in [1.165, 1.54) is 11.3 Å². The van der Waals surface area contributed by atoms with Gasteiger partial charge in [0.15, 0.2) is 15.0 Å². The molecule has 0 aromatic carbocycles. The van der Waals surface area contributed by atoms with Crippen LogP contribution in [-0.4, -0.2) is 42.0 Å². The van der Waals surface area contributed by atoms with Gasteiger partial charge in [-0.15, -0.1) is 11.3 Å². The van der Waals surface area contributed by atoms with Crippen LogP contribution in [0, 0.1) is 0 Å². The maximum atomic E-state index is 11.5. The van der Waals surface area contributed by atoms with Gasteiger partial charge in [0.05, 0.1) is 23.6 Å². The number of thiazole rings is 1. The number of aromatic nitrogens is 1. The van der Waals surface area contributed by atoms with Crippen molar-refractivity contribution in [2.75, 3.05) is 16.8 Å². The molecule has 0 bridgehead atoms. The number of hydrogen-bond acceptors (Lipinski definition) is 6. The molecule has 2 N–H and O–H groups in total. The van der Waals surface area contributed by atoms with Crippen molar-refractivity contribution in [3.63, 3.8) is 0 Å². The monoisotopic (exact) mass is 304 g/mol. The van der Waals surface area contributed by atoms with Crippen molar-refractivity contribution in [3.05, 3.63) is 11.1 Å². The van der Waals surface area contributed by atoms with Gasteiger partial charge in [0.1, 0.15) is 0 Å².